The monoisotopic (exact) mass is 252 g/mol. The Balaban J connectivity index is 1.92. The first-order valence-electron chi connectivity index (χ1n) is 5.82. The van der Waals surface area contributed by atoms with Gasteiger partial charge in [-0.2, -0.15) is 5.10 Å². The number of ether oxygens (including phenoxy) is 1. The van der Waals surface area contributed by atoms with Crippen LogP contribution in [0.1, 0.15) is 0 Å². The quantitative estimate of drug-likeness (QED) is 0.718. The van der Waals surface area contributed by atoms with Gasteiger partial charge in [-0.05, 0) is 30.3 Å². The van der Waals surface area contributed by atoms with E-state index in [1.54, 1.807) is 24.2 Å². The number of rotatable bonds is 3. The molecule has 0 fully saturated rings. The van der Waals surface area contributed by atoms with Crippen molar-refractivity contribution in [2.24, 2.45) is 0 Å². The van der Waals surface area contributed by atoms with Crippen molar-refractivity contribution in [2.75, 3.05) is 7.11 Å². The van der Waals surface area contributed by atoms with Crippen LogP contribution in [-0.2, 0) is 0 Å². The molecule has 0 unspecified atom stereocenters. The lowest BCUT2D eigenvalue weighted by molar-refractivity contribution is 0.414. The summed E-state index contributed by atoms with van der Waals surface area (Å²) < 4.78 is 6.94. The SMILES string of the molecule is COc1ccc(-n2cc(-c3ccncn3)cn2)cc1. The summed E-state index contributed by atoms with van der Waals surface area (Å²) in [4.78, 5) is 8.10. The van der Waals surface area contributed by atoms with E-state index >= 15 is 0 Å². The van der Waals surface area contributed by atoms with Crippen molar-refractivity contribution in [2.45, 2.75) is 0 Å². The highest BCUT2D eigenvalue weighted by Crippen LogP contribution is 2.18. The Morgan fingerprint density at radius 1 is 1.11 bits per heavy atom. The van der Waals surface area contributed by atoms with E-state index in [0.29, 0.717) is 0 Å². The molecule has 0 amide bonds. The lowest BCUT2D eigenvalue weighted by Gasteiger charge is -2.02. The molecule has 94 valence electrons. The van der Waals surface area contributed by atoms with Gasteiger partial charge in [-0.25, -0.2) is 14.6 Å². The fourth-order valence-electron chi connectivity index (χ4n) is 1.79. The molecule has 0 bridgehead atoms. The zero-order chi connectivity index (χ0) is 13.1. The van der Waals surface area contributed by atoms with Crippen LogP contribution in [0, 0.1) is 0 Å². The van der Waals surface area contributed by atoms with Crippen LogP contribution in [0.4, 0.5) is 0 Å². The normalized spacial score (nSPS) is 10.4. The number of benzene rings is 1. The third-order valence-corrected chi connectivity index (χ3v) is 2.80. The van der Waals surface area contributed by atoms with Gasteiger partial charge in [0, 0.05) is 18.0 Å². The topological polar surface area (TPSA) is 52.8 Å². The van der Waals surface area contributed by atoms with Gasteiger partial charge in [-0.1, -0.05) is 0 Å². The molecule has 5 heteroatoms. The van der Waals surface area contributed by atoms with Gasteiger partial charge in [0.05, 0.1) is 24.7 Å². The van der Waals surface area contributed by atoms with Crippen molar-refractivity contribution in [3.8, 4) is 22.7 Å². The average Bonchev–Trinajstić information content (AvgIpc) is 2.98. The first kappa shape index (κ1) is 11.4. The second-order valence-electron chi connectivity index (χ2n) is 3.97. The molecule has 19 heavy (non-hydrogen) atoms. The van der Waals surface area contributed by atoms with E-state index in [4.69, 9.17) is 4.74 Å². The molecular formula is C14H12N4O. The zero-order valence-corrected chi connectivity index (χ0v) is 10.4. The Hall–Kier alpha value is -2.69. The van der Waals surface area contributed by atoms with Gasteiger partial charge in [0.1, 0.15) is 12.1 Å². The molecule has 0 spiro atoms. The molecule has 0 aliphatic carbocycles. The van der Waals surface area contributed by atoms with E-state index in [-0.39, 0.29) is 0 Å². The summed E-state index contributed by atoms with van der Waals surface area (Å²) >= 11 is 0. The largest absolute Gasteiger partial charge is 0.497 e. The molecule has 0 aliphatic rings. The second-order valence-corrected chi connectivity index (χ2v) is 3.97. The van der Waals surface area contributed by atoms with E-state index in [2.05, 4.69) is 15.1 Å². The number of hydrogen-bond donors (Lipinski definition) is 0. The molecule has 0 aliphatic heterocycles. The van der Waals surface area contributed by atoms with Crippen LogP contribution in [-0.4, -0.2) is 26.9 Å². The molecule has 0 saturated heterocycles. The molecule has 2 aromatic heterocycles. The summed E-state index contributed by atoms with van der Waals surface area (Å²) in [6, 6.07) is 9.57. The van der Waals surface area contributed by atoms with E-state index < -0.39 is 0 Å². The Bertz CT molecular complexity index is 661. The highest BCUT2D eigenvalue weighted by molar-refractivity contribution is 5.56. The fourth-order valence-corrected chi connectivity index (χ4v) is 1.79. The molecule has 1 aromatic carbocycles. The van der Waals surface area contributed by atoms with Crippen molar-refractivity contribution in [1.29, 1.82) is 0 Å². The summed E-state index contributed by atoms with van der Waals surface area (Å²) in [7, 11) is 1.65. The van der Waals surface area contributed by atoms with Crippen molar-refractivity contribution in [1.82, 2.24) is 19.7 Å². The van der Waals surface area contributed by atoms with Gasteiger partial charge in [-0.15, -0.1) is 0 Å². The van der Waals surface area contributed by atoms with Crippen LogP contribution in [0.2, 0.25) is 0 Å². The molecule has 3 aromatic rings. The summed E-state index contributed by atoms with van der Waals surface area (Å²) in [5, 5.41) is 4.33. The molecule has 0 saturated carbocycles. The van der Waals surface area contributed by atoms with E-state index in [0.717, 1.165) is 22.7 Å². The van der Waals surface area contributed by atoms with Crippen molar-refractivity contribution >= 4 is 0 Å². The highest BCUT2D eigenvalue weighted by atomic mass is 16.5. The molecule has 0 radical (unpaired) electrons. The van der Waals surface area contributed by atoms with Crippen LogP contribution in [0.3, 0.4) is 0 Å². The maximum atomic E-state index is 5.13. The third kappa shape index (κ3) is 2.30. The first-order valence-corrected chi connectivity index (χ1v) is 5.82. The first-order chi connectivity index (χ1) is 9.36. The van der Waals surface area contributed by atoms with Crippen LogP contribution >= 0.6 is 0 Å². The standard InChI is InChI=1S/C14H12N4O/c1-19-13-4-2-12(3-5-13)18-9-11(8-17-18)14-6-7-15-10-16-14/h2-10H,1H3. The van der Waals surface area contributed by atoms with Crippen LogP contribution in [0.25, 0.3) is 16.9 Å². The van der Waals surface area contributed by atoms with Crippen LogP contribution < -0.4 is 4.74 Å². The summed E-state index contributed by atoms with van der Waals surface area (Å²) in [6.07, 6.45) is 6.96. The second kappa shape index (κ2) is 4.89. The van der Waals surface area contributed by atoms with Gasteiger partial charge < -0.3 is 4.74 Å². The maximum absolute atomic E-state index is 5.13. The van der Waals surface area contributed by atoms with Crippen molar-refractivity contribution in [3.05, 3.63) is 55.2 Å². The predicted octanol–water partition coefficient (Wildman–Crippen LogP) is 2.34. The van der Waals surface area contributed by atoms with Crippen molar-refractivity contribution in [3.63, 3.8) is 0 Å². The van der Waals surface area contributed by atoms with Gasteiger partial charge in [-0.3, -0.25) is 0 Å². The van der Waals surface area contributed by atoms with Gasteiger partial charge in [0.2, 0.25) is 0 Å². The molecule has 5 nitrogen and oxygen atoms in total. The maximum Gasteiger partial charge on any atom is 0.119 e. The van der Waals surface area contributed by atoms with E-state index in [1.807, 2.05) is 36.5 Å². The molecule has 2 heterocycles. The number of nitrogens with zero attached hydrogens (tertiary/aromatic N) is 4. The van der Waals surface area contributed by atoms with Gasteiger partial charge in [0.15, 0.2) is 0 Å². The summed E-state index contributed by atoms with van der Waals surface area (Å²) in [5.41, 5.74) is 2.79. The van der Waals surface area contributed by atoms with Gasteiger partial charge >= 0.3 is 0 Å². The van der Waals surface area contributed by atoms with Crippen LogP contribution in [0.15, 0.2) is 55.2 Å². The minimum Gasteiger partial charge on any atom is -0.497 e. The fraction of sp³-hybridized carbons (Fsp3) is 0.0714. The Morgan fingerprint density at radius 2 is 1.95 bits per heavy atom. The Morgan fingerprint density at radius 3 is 2.63 bits per heavy atom. The van der Waals surface area contributed by atoms with E-state index in [9.17, 15) is 0 Å². The zero-order valence-electron chi connectivity index (χ0n) is 10.4. The summed E-state index contributed by atoms with van der Waals surface area (Å²) in [5.74, 6) is 0.826. The molecule has 0 atom stereocenters. The third-order valence-electron chi connectivity index (χ3n) is 2.80. The highest BCUT2D eigenvalue weighted by Gasteiger charge is 2.04. The molecule has 3 rings (SSSR count). The predicted molar refractivity (Wildman–Crippen MR) is 71.1 cm³/mol. The number of aromatic nitrogens is 4. The number of methoxy groups -OCH3 is 1. The smallest absolute Gasteiger partial charge is 0.119 e. The average molecular weight is 252 g/mol. The van der Waals surface area contributed by atoms with Crippen LogP contribution in [0.5, 0.6) is 5.75 Å². The lowest BCUT2D eigenvalue weighted by atomic mass is 10.2. The van der Waals surface area contributed by atoms with E-state index in [1.165, 1.54) is 6.33 Å². The Kier molecular flexibility index (Phi) is 2.94. The minimum absolute atomic E-state index is 0.826. The number of hydrogen-bond acceptors (Lipinski definition) is 4. The Labute approximate surface area is 110 Å². The lowest BCUT2D eigenvalue weighted by Crippen LogP contribution is -1.93. The minimum atomic E-state index is 0.826. The molecule has 0 N–H and O–H groups in total. The summed E-state index contributed by atoms with van der Waals surface area (Å²) in [6.45, 7) is 0. The van der Waals surface area contributed by atoms with Crippen molar-refractivity contribution < 1.29 is 4.74 Å². The van der Waals surface area contributed by atoms with Gasteiger partial charge in [0.25, 0.3) is 0 Å². The molecular weight excluding hydrogens is 240 g/mol.